The van der Waals surface area contributed by atoms with E-state index in [0.717, 1.165) is 37.6 Å². The predicted molar refractivity (Wildman–Crippen MR) is 87.8 cm³/mol. The Balaban J connectivity index is 1.51. The molecule has 1 aliphatic heterocycles. The van der Waals surface area contributed by atoms with Gasteiger partial charge in [0.25, 0.3) is 0 Å². The third kappa shape index (κ3) is 4.00. The molecule has 0 N–H and O–H groups in total. The maximum Gasteiger partial charge on any atom is 0.224 e. The Labute approximate surface area is 137 Å². The summed E-state index contributed by atoms with van der Waals surface area (Å²) < 4.78 is 4.04. The van der Waals surface area contributed by atoms with Crippen molar-refractivity contribution in [2.24, 2.45) is 5.92 Å². The van der Waals surface area contributed by atoms with Crippen molar-refractivity contribution in [1.82, 2.24) is 24.2 Å². The van der Waals surface area contributed by atoms with Crippen LogP contribution in [-0.2, 0) is 17.9 Å². The summed E-state index contributed by atoms with van der Waals surface area (Å²) in [5, 5.41) is 4.34. The fourth-order valence-electron chi connectivity index (χ4n) is 3.27. The second kappa shape index (κ2) is 6.98. The van der Waals surface area contributed by atoms with Crippen molar-refractivity contribution in [3.63, 3.8) is 0 Å². The van der Waals surface area contributed by atoms with Crippen LogP contribution in [0.5, 0.6) is 0 Å². The van der Waals surface area contributed by atoms with Crippen LogP contribution in [0.4, 0.5) is 0 Å². The van der Waals surface area contributed by atoms with Gasteiger partial charge in [0, 0.05) is 51.2 Å². The molecule has 0 saturated carbocycles. The Kier molecular flexibility index (Phi) is 4.79. The van der Waals surface area contributed by atoms with E-state index in [1.807, 2.05) is 48.1 Å². The van der Waals surface area contributed by atoms with Crippen molar-refractivity contribution in [3.05, 3.63) is 36.2 Å². The number of hydrogen-bond donors (Lipinski definition) is 0. The number of rotatable bonds is 5. The number of aryl methyl sites for hydroxylation is 3. The maximum absolute atomic E-state index is 12.5. The van der Waals surface area contributed by atoms with Gasteiger partial charge in [-0.15, -0.1) is 0 Å². The average Bonchev–Trinajstić information content (AvgIpc) is 3.14. The minimum absolute atomic E-state index is 0.241. The Morgan fingerprint density at radius 3 is 2.91 bits per heavy atom. The topological polar surface area (TPSA) is 56.0 Å². The lowest BCUT2D eigenvalue weighted by molar-refractivity contribution is -0.133. The number of nitrogens with zero attached hydrogens (tertiary/aromatic N) is 5. The van der Waals surface area contributed by atoms with Crippen molar-refractivity contribution >= 4 is 5.91 Å². The number of imidazole rings is 1. The molecule has 0 radical (unpaired) electrons. The molecule has 3 heterocycles. The van der Waals surface area contributed by atoms with E-state index in [9.17, 15) is 4.79 Å². The van der Waals surface area contributed by atoms with E-state index < -0.39 is 0 Å². The first-order chi connectivity index (χ1) is 11.1. The summed E-state index contributed by atoms with van der Waals surface area (Å²) in [7, 11) is 0. The Morgan fingerprint density at radius 1 is 1.35 bits per heavy atom. The first-order valence-corrected chi connectivity index (χ1v) is 8.37. The molecular formula is C17H25N5O. The average molecular weight is 315 g/mol. The van der Waals surface area contributed by atoms with Gasteiger partial charge in [-0.25, -0.2) is 4.98 Å². The summed E-state index contributed by atoms with van der Waals surface area (Å²) in [6, 6.07) is 1.97. The third-order valence-electron chi connectivity index (χ3n) is 4.58. The fourth-order valence-corrected chi connectivity index (χ4v) is 3.27. The zero-order valence-corrected chi connectivity index (χ0v) is 14.0. The molecular weight excluding hydrogens is 290 g/mol. The van der Waals surface area contributed by atoms with Gasteiger partial charge in [0.05, 0.1) is 5.69 Å². The molecule has 1 atom stereocenters. The summed E-state index contributed by atoms with van der Waals surface area (Å²) in [5.74, 6) is 1.81. The van der Waals surface area contributed by atoms with Crippen LogP contribution in [0, 0.1) is 19.8 Å². The molecule has 0 bridgehead atoms. The van der Waals surface area contributed by atoms with Gasteiger partial charge in [0.2, 0.25) is 5.91 Å². The summed E-state index contributed by atoms with van der Waals surface area (Å²) in [6.45, 7) is 7.34. The van der Waals surface area contributed by atoms with Crippen LogP contribution < -0.4 is 0 Å². The van der Waals surface area contributed by atoms with Crippen molar-refractivity contribution in [2.75, 3.05) is 13.1 Å². The monoisotopic (exact) mass is 315 g/mol. The quantitative estimate of drug-likeness (QED) is 0.848. The highest BCUT2D eigenvalue weighted by Gasteiger charge is 2.24. The van der Waals surface area contributed by atoms with Gasteiger partial charge in [-0.2, -0.15) is 5.10 Å². The lowest BCUT2D eigenvalue weighted by Gasteiger charge is -2.33. The SMILES string of the molecule is Cc1ccn(CCC(=O)N2CCCC(Cn3ccnc3C)C2)n1. The highest BCUT2D eigenvalue weighted by Crippen LogP contribution is 2.19. The molecule has 1 saturated heterocycles. The maximum atomic E-state index is 12.5. The van der Waals surface area contributed by atoms with Crippen molar-refractivity contribution in [2.45, 2.75) is 46.2 Å². The van der Waals surface area contributed by atoms with Crippen LogP contribution in [0.3, 0.4) is 0 Å². The second-order valence-electron chi connectivity index (χ2n) is 6.45. The van der Waals surface area contributed by atoms with Gasteiger partial charge in [-0.1, -0.05) is 0 Å². The van der Waals surface area contributed by atoms with Gasteiger partial charge in [0.15, 0.2) is 0 Å². The van der Waals surface area contributed by atoms with Crippen molar-refractivity contribution in [3.8, 4) is 0 Å². The molecule has 1 amide bonds. The van der Waals surface area contributed by atoms with Crippen LogP contribution in [0.2, 0.25) is 0 Å². The zero-order chi connectivity index (χ0) is 16.2. The molecule has 2 aromatic heterocycles. The molecule has 1 aliphatic rings. The Hall–Kier alpha value is -2.11. The minimum atomic E-state index is 0.241. The van der Waals surface area contributed by atoms with Crippen LogP contribution >= 0.6 is 0 Å². The molecule has 1 fully saturated rings. The van der Waals surface area contributed by atoms with E-state index in [4.69, 9.17) is 0 Å². The van der Waals surface area contributed by atoms with Crippen LogP contribution in [0.15, 0.2) is 24.7 Å². The molecule has 2 aromatic rings. The second-order valence-corrected chi connectivity index (χ2v) is 6.45. The summed E-state index contributed by atoms with van der Waals surface area (Å²) in [6.07, 6.45) is 8.59. The Bertz CT molecular complexity index is 659. The standard InChI is InChI=1S/C17H25N5O/c1-14-5-9-22(19-14)10-6-17(23)21-8-3-4-16(13-21)12-20-11-7-18-15(20)2/h5,7,9,11,16H,3-4,6,8,10,12-13H2,1-2H3. The van der Waals surface area contributed by atoms with Gasteiger partial charge >= 0.3 is 0 Å². The molecule has 23 heavy (non-hydrogen) atoms. The number of amides is 1. The Morgan fingerprint density at radius 2 is 2.22 bits per heavy atom. The molecule has 0 aliphatic carbocycles. The van der Waals surface area contributed by atoms with Crippen LogP contribution in [-0.4, -0.2) is 43.2 Å². The number of carbonyl (C=O) groups is 1. The normalized spacial score (nSPS) is 18.3. The number of carbonyl (C=O) groups excluding carboxylic acids is 1. The van der Waals surface area contributed by atoms with Gasteiger partial charge in [-0.05, 0) is 38.7 Å². The highest BCUT2D eigenvalue weighted by atomic mass is 16.2. The first kappa shape index (κ1) is 15.8. The van der Waals surface area contributed by atoms with E-state index >= 15 is 0 Å². The zero-order valence-electron chi connectivity index (χ0n) is 14.0. The van der Waals surface area contributed by atoms with Gasteiger partial charge in [0.1, 0.15) is 5.82 Å². The predicted octanol–water partition coefficient (Wildman–Crippen LogP) is 2.03. The number of aromatic nitrogens is 4. The number of piperidine rings is 1. The lowest BCUT2D eigenvalue weighted by Crippen LogP contribution is -2.41. The van der Waals surface area contributed by atoms with Gasteiger partial charge < -0.3 is 9.47 Å². The molecule has 0 aromatic carbocycles. The van der Waals surface area contributed by atoms with E-state index in [0.29, 0.717) is 18.9 Å². The first-order valence-electron chi connectivity index (χ1n) is 8.37. The minimum Gasteiger partial charge on any atom is -0.342 e. The molecule has 1 unspecified atom stereocenters. The van der Waals surface area contributed by atoms with Gasteiger partial charge in [-0.3, -0.25) is 9.48 Å². The van der Waals surface area contributed by atoms with E-state index in [-0.39, 0.29) is 5.91 Å². The van der Waals surface area contributed by atoms with E-state index in [1.54, 1.807) is 0 Å². The summed E-state index contributed by atoms with van der Waals surface area (Å²) >= 11 is 0. The molecule has 124 valence electrons. The van der Waals surface area contributed by atoms with E-state index in [1.165, 1.54) is 6.42 Å². The molecule has 3 rings (SSSR count). The van der Waals surface area contributed by atoms with E-state index in [2.05, 4.69) is 14.6 Å². The molecule has 0 spiro atoms. The fraction of sp³-hybridized carbons (Fsp3) is 0.588. The molecule has 6 heteroatoms. The summed E-state index contributed by atoms with van der Waals surface area (Å²) in [4.78, 5) is 18.8. The lowest BCUT2D eigenvalue weighted by atomic mass is 9.97. The number of likely N-dealkylation sites (tertiary alicyclic amines) is 1. The smallest absolute Gasteiger partial charge is 0.224 e. The number of hydrogen-bond acceptors (Lipinski definition) is 3. The van der Waals surface area contributed by atoms with Crippen molar-refractivity contribution in [1.29, 1.82) is 0 Å². The summed E-state index contributed by atoms with van der Waals surface area (Å²) in [5.41, 5.74) is 0.992. The van der Waals surface area contributed by atoms with Crippen LogP contribution in [0.25, 0.3) is 0 Å². The highest BCUT2D eigenvalue weighted by molar-refractivity contribution is 5.76. The largest absolute Gasteiger partial charge is 0.342 e. The molecule has 6 nitrogen and oxygen atoms in total. The third-order valence-corrected chi connectivity index (χ3v) is 4.58. The van der Waals surface area contributed by atoms with Crippen LogP contribution in [0.1, 0.15) is 30.8 Å². The van der Waals surface area contributed by atoms with Crippen molar-refractivity contribution < 1.29 is 4.79 Å².